The number of methoxy groups -OCH3 is 1. The summed E-state index contributed by atoms with van der Waals surface area (Å²) in [5.74, 6) is 0.626. The van der Waals surface area contributed by atoms with Crippen LogP contribution in [0.25, 0.3) is 0 Å². The van der Waals surface area contributed by atoms with E-state index in [2.05, 4.69) is 0 Å². The van der Waals surface area contributed by atoms with Crippen LogP contribution in [-0.4, -0.2) is 38.3 Å². The first-order valence-corrected chi connectivity index (χ1v) is 6.13. The molecule has 0 aromatic carbocycles. The number of fused-ring (bicyclic) bond motifs is 1. The first-order chi connectivity index (χ1) is 9.07. The van der Waals surface area contributed by atoms with Crippen LogP contribution >= 0.6 is 0 Å². The minimum Gasteiger partial charge on any atom is -0.501 e. The van der Waals surface area contributed by atoms with E-state index in [1.165, 1.54) is 0 Å². The van der Waals surface area contributed by atoms with Gasteiger partial charge in [-0.25, -0.2) is 0 Å². The summed E-state index contributed by atoms with van der Waals surface area (Å²) < 4.78 is 16.0. The number of rotatable bonds is 1. The van der Waals surface area contributed by atoms with Crippen LogP contribution in [0.5, 0.6) is 0 Å². The first kappa shape index (κ1) is 12.9. The largest absolute Gasteiger partial charge is 0.501 e. The lowest BCUT2D eigenvalue weighted by atomic mass is 9.68. The molecule has 5 radical (unpaired) electrons. The topological polar surface area (TPSA) is 48.0 Å². The van der Waals surface area contributed by atoms with Crippen molar-refractivity contribution >= 4 is 5.91 Å². The zero-order chi connectivity index (χ0) is 13.6. The number of nitrogens with zero attached hydrogens (tertiary/aromatic N) is 1. The van der Waals surface area contributed by atoms with Crippen LogP contribution in [0.15, 0.2) is 11.3 Å². The maximum Gasteiger partial charge on any atom is 0.253 e. The van der Waals surface area contributed by atoms with Crippen LogP contribution in [0.4, 0.5) is 0 Å². The Morgan fingerprint density at radius 3 is 2.89 bits per heavy atom. The van der Waals surface area contributed by atoms with Gasteiger partial charge in [-0.1, -0.05) is 0 Å². The van der Waals surface area contributed by atoms with Crippen molar-refractivity contribution in [3.8, 4) is 0 Å². The molecule has 101 valence electrons. The van der Waals surface area contributed by atoms with Crippen molar-refractivity contribution in [2.45, 2.75) is 6.92 Å². The Morgan fingerprint density at radius 2 is 2.16 bits per heavy atom. The molecule has 3 aliphatic rings. The van der Waals surface area contributed by atoms with Crippen LogP contribution in [0.1, 0.15) is 6.92 Å². The average Bonchev–Trinajstić information content (AvgIpc) is 2.93. The molecule has 5 nitrogen and oxygen atoms in total. The van der Waals surface area contributed by atoms with Gasteiger partial charge in [-0.3, -0.25) is 4.79 Å². The third-order valence-electron chi connectivity index (χ3n) is 3.78. The number of amides is 1. The van der Waals surface area contributed by atoms with Gasteiger partial charge in [0.15, 0.2) is 0 Å². The standard InChI is InChI=1S/C14H16NO4/c1-9(17-3)12-13(16)15(2)7-14(12)5-4-10-11(6-14)19-8-18-10/h4-6H,7-8H2,1-3H3/b12-9-. The lowest BCUT2D eigenvalue weighted by Crippen LogP contribution is -2.36. The van der Waals surface area contributed by atoms with Gasteiger partial charge in [0.2, 0.25) is 0 Å². The molecule has 0 bridgehead atoms. The number of carbonyl (C=O) groups is 1. The number of allylic oxidation sites excluding steroid dienone is 1. The molecule has 1 spiro atoms. The summed E-state index contributed by atoms with van der Waals surface area (Å²) in [5.41, 5.74) is 0.175. The molecule has 2 saturated heterocycles. The molecule has 1 amide bonds. The number of ether oxygens (including phenoxy) is 3. The van der Waals surface area contributed by atoms with E-state index in [0.29, 0.717) is 24.0 Å². The lowest BCUT2D eigenvalue weighted by molar-refractivity contribution is -0.123. The Morgan fingerprint density at radius 1 is 1.42 bits per heavy atom. The molecule has 0 aromatic rings. The van der Waals surface area contributed by atoms with Gasteiger partial charge >= 0.3 is 0 Å². The molecular formula is C14H16NO4. The molecule has 0 aromatic heterocycles. The number of carbonyl (C=O) groups excluding carboxylic acids is 1. The zero-order valence-corrected chi connectivity index (χ0v) is 11.2. The third kappa shape index (κ3) is 1.87. The van der Waals surface area contributed by atoms with Crippen molar-refractivity contribution in [1.82, 2.24) is 4.90 Å². The van der Waals surface area contributed by atoms with E-state index in [-0.39, 0.29) is 12.7 Å². The maximum atomic E-state index is 12.3. The highest BCUT2D eigenvalue weighted by atomic mass is 16.7. The molecule has 1 unspecified atom stereocenters. The van der Waals surface area contributed by atoms with Gasteiger partial charge in [0.1, 0.15) is 24.8 Å². The average molecular weight is 262 g/mol. The molecule has 2 aliphatic heterocycles. The van der Waals surface area contributed by atoms with Gasteiger partial charge in [-0.2, -0.15) is 0 Å². The van der Waals surface area contributed by atoms with E-state index in [9.17, 15) is 4.79 Å². The van der Waals surface area contributed by atoms with Crippen LogP contribution in [-0.2, 0) is 19.0 Å². The van der Waals surface area contributed by atoms with Crippen molar-refractivity contribution < 1.29 is 19.0 Å². The zero-order valence-electron chi connectivity index (χ0n) is 11.2. The number of likely N-dealkylation sites (tertiary alicyclic amines) is 1. The fraction of sp³-hybridized carbons (Fsp3) is 0.429. The highest BCUT2D eigenvalue weighted by Gasteiger charge is 2.55. The van der Waals surface area contributed by atoms with Gasteiger partial charge in [0.05, 0.1) is 12.7 Å². The number of hydrogen-bond donors (Lipinski definition) is 0. The van der Waals surface area contributed by atoms with Gasteiger partial charge in [0.25, 0.3) is 5.91 Å². The fourth-order valence-corrected chi connectivity index (χ4v) is 2.82. The Bertz CT molecular complexity index is 433. The van der Waals surface area contributed by atoms with E-state index in [1.807, 2.05) is 26.2 Å². The van der Waals surface area contributed by atoms with Crippen molar-refractivity contribution in [3.63, 3.8) is 0 Å². The van der Waals surface area contributed by atoms with Gasteiger partial charge in [-0.15, -0.1) is 0 Å². The van der Waals surface area contributed by atoms with Crippen molar-refractivity contribution in [2.75, 3.05) is 27.5 Å². The van der Waals surface area contributed by atoms with E-state index in [1.54, 1.807) is 19.1 Å². The van der Waals surface area contributed by atoms with Gasteiger partial charge < -0.3 is 19.1 Å². The molecule has 3 fully saturated rings. The molecule has 19 heavy (non-hydrogen) atoms. The summed E-state index contributed by atoms with van der Waals surface area (Å²) in [6, 6.07) is 0. The Labute approximate surface area is 113 Å². The van der Waals surface area contributed by atoms with Gasteiger partial charge in [0, 0.05) is 31.8 Å². The van der Waals surface area contributed by atoms with Crippen LogP contribution in [0, 0.1) is 36.9 Å². The predicted molar refractivity (Wildman–Crippen MR) is 66.2 cm³/mol. The highest BCUT2D eigenvalue weighted by Crippen LogP contribution is 2.53. The van der Waals surface area contributed by atoms with E-state index < -0.39 is 5.41 Å². The second-order valence-electron chi connectivity index (χ2n) is 4.95. The fourth-order valence-electron chi connectivity index (χ4n) is 2.82. The molecule has 0 N–H and O–H groups in total. The smallest absolute Gasteiger partial charge is 0.253 e. The molecule has 2 heterocycles. The summed E-state index contributed by atoms with van der Waals surface area (Å²) in [4.78, 5) is 14.0. The summed E-state index contributed by atoms with van der Waals surface area (Å²) in [6.45, 7) is 2.62. The molecule has 1 saturated carbocycles. The molecule has 1 atom stereocenters. The third-order valence-corrected chi connectivity index (χ3v) is 3.78. The predicted octanol–water partition coefficient (Wildman–Crippen LogP) is 1.06. The second kappa shape index (κ2) is 4.49. The lowest BCUT2D eigenvalue weighted by Gasteiger charge is -2.36. The van der Waals surface area contributed by atoms with Crippen molar-refractivity contribution in [2.24, 2.45) is 5.41 Å². The Kier molecular flexibility index (Phi) is 3.06. The summed E-state index contributed by atoms with van der Waals surface area (Å²) >= 11 is 0. The highest BCUT2D eigenvalue weighted by molar-refractivity contribution is 5.99. The van der Waals surface area contributed by atoms with E-state index >= 15 is 0 Å². The molecule has 1 aliphatic carbocycles. The first-order valence-electron chi connectivity index (χ1n) is 6.13. The minimum absolute atomic E-state index is 0.0109. The summed E-state index contributed by atoms with van der Waals surface area (Å²) in [7, 11) is 3.37. The molecule has 3 rings (SSSR count). The molecule has 5 heteroatoms. The minimum atomic E-state index is -0.488. The monoisotopic (exact) mass is 262 g/mol. The van der Waals surface area contributed by atoms with E-state index in [0.717, 1.165) is 6.10 Å². The number of hydrogen-bond acceptors (Lipinski definition) is 4. The van der Waals surface area contributed by atoms with Crippen LogP contribution in [0.2, 0.25) is 0 Å². The number of likely N-dealkylation sites (N-methyl/N-ethyl adjacent to an activating group) is 1. The van der Waals surface area contributed by atoms with Crippen LogP contribution in [0.3, 0.4) is 0 Å². The normalized spacial score (nSPS) is 35.1. The Hall–Kier alpha value is -1.07. The second-order valence-corrected chi connectivity index (χ2v) is 4.95. The van der Waals surface area contributed by atoms with Gasteiger partial charge in [-0.05, 0) is 13.3 Å². The molecular weight excluding hydrogens is 246 g/mol. The Balaban J connectivity index is 1.96. The van der Waals surface area contributed by atoms with E-state index in [4.69, 9.17) is 14.2 Å². The quantitative estimate of drug-likeness (QED) is 0.523. The SMILES string of the molecule is CO/C(C)=C1/C(=O)N(C)CC12[CH][CH][C]1OCO[C]1[CH]2. The van der Waals surface area contributed by atoms with Crippen LogP contribution < -0.4 is 0 Å². The maximum absolute atomic E-state index is 12.3. The van der Waals surface area contributed by atoms with Crippen molar-refractivity contribution in [1.29, 1.82) is 0 Å². The summed E-state index contributed by atoms with van der Waals surface area (Å²) in [6.07, 6.45) is 7.24. The summed E-state index contributed by atoms with van der Waals surface area (Å²) in [5, 5.41) is 0. The van der Waals surface area contributed by atoms with Crippen molar-refractivity contribution in [3.05, 3.63) is 42.8 Å².